The number of imide groups is 2. The minimum Gasteiger partial charge on any atom is -0.461 e. The van der Waals surface area contributed by atoms with Gasteiger partial charge in [-0.15, -0.1) is 0 Å². The maximum atomic E-state index is 13.3. The van der Waals surface area contributed by atoms with Crippen molar-refractivity contribution in [3.63, 3.8) is 0 Å². The van der Waals surface area contributed by atoms with Gasteiger partial charge < -0.3 is 39.1 Å². The molecule has 0 bridgehead atoms. The number of piperazine rings is 2. The van der Waals surface area contributed by atoms with Crippen LogP contribution in [0, 0.1) is 0 Å². The molecule has 4 rings (SSSR count). The molecule has 6 amide bonds. The molecule has 0 aromatic heterocycles. The second-order valence-electron chi connectivity index (χ2n) is 18.7. The second-order valence-corrected chi connectivity index (χ2v) is 18.7. The Morgan fingerprint density at radius 2 is 0.829 bits per heavy atom. The molecule has 2 heterocycles. The molecule has 0 aliphatic carbocycles. The van der Waals surface area contributed by atoms with Gasteiger partial charge in [0, 0.05) is 24.9 Å². The Balaban J connectivity index is 1.28. The van der Waals surface area contributed by atoms with E-state index in [0.717, 1.165) is 20.9 Å². The first-order chi connectivity index (χ1) is 32.9. The van der Waals surface area contributed by atoms with Crippen molar-refractivity contribution in [1.29, 1.82) is 0 Å². The van der Waals surface area contributed by atoms with Gasteiger partial charge in [-0.3, -0.25) is 38.6 Å². The molecule has 0 spiro atoms. The van der Waals surface area contributed by atoms with E-state index in [0.29, 0.717) is 0 Å². The van der Waals surface area contributed by atoms with Crippen LogP contribution in [-0.2, 0) is 80.0 Å². The lowest BCUT2D eigenvalue weighted by Gasteiger charge is -2.43. The number of carbonyl (C=O) groups is 10. The number of alkyl carbamates (subject to hydrolysis) is 2. The van der Waals surface area contributed by atoms with Crippen molar-refractivity contribution in [2.24, 2.45) is 0 Å². The van der Waals surface area contributed by atoms with Gasteiger partial charge in [-0.1, -0.05) is 60.7 Å². The van der Waals surface area contributed by atoms with Gasteiger partial charge in [-0.05, 0) is 79.4 Å². The monoisotopic (exact) mass is 980 g/mol. The van der Waals surface area contributed by atoms with Gasteiger partial charge in [-0.2, -0.15) is 0 Å². The Morgan fingerprint density at radius 3 is 1.13 bits per heavy atom. The third-order valence-corrected chi connectivity index (χ3v) is 10.8. The molecular weight excluding hydrogens is 917 g/mol. The fourth-order valence-electron chi connectivity index (χ4n) is 6.90. The Kier molecular flexibility index (Phi) is 20.4. The summed E-state index contributed by atoms with van der Waals surface area (Å²) in [5, 5.41) is 4.76. The van der Waals surface area contributed by atoms with Gasteiger partial charge in [0.25, 0.3) is 0 Å². The lowest BCUT2D eigenvalue weighted by Crippen LogP contribution is -2.63. The molecule has 2 aliphatic heterocycles. The molecule has 2 fully saturated rings. The van der Waals surface area contributed by atoms with Gasteiger partial charge in [-0.25, -0.2) is 29.0 Å². The van der Waals surface area contributed by atoms with E-state index in [4.69, 9.17) is 28.4 Å². The lowest BCUT2D eigenvalue weighted by atomic mass is 10.1. The predicted molar refractivity (Wildman–Crippen MR) is 245 cm³/mol. The van der Waals surface area contributed by atoms with Crippen molar-refractivity contribution in [2.45, 2.75) is 130 Å². The van der Waals surface area contributed by atoms with Gasteiger partial charge in [0.2, 0.25) is 23.6 Å². The standard InChI is InChI=1S/C48H64N6O16/c1-31(51-23-37(55)53(38(56)24-51)29-67-43(61)35(49-45(63)69-47(3,4)5)19-21-41(59)65-27-33-15-11-9-12-16-33)32(2)52-25-39(57)54(40(58)26-52)30-68-44(62)36(50-46(64)70-48(6,7)8)20-22-42(60)66-28-34-17-13-10-14-18-34/h9-18,31-32,35-36H,19-30H2,1-8H3,(H,49,63)(H,50,64)/t31-,32+,35-,36-/m0/s1. The van der Waals surface area contributed by atoms with Crippen LogP contribution in [0.25, 0.3) is 0 Å². The van der Waals surface area contributed by atoms with Crippen molar-refractivity contribution in [2.75, 3.05) is 39.6 Å². The number of hydrogen-bond acceptors (Lipinski definition) is 18. The van der Waals surface area contributed by atoms with E-state index in [-0.39, 0.29) is 65.1 Å². The van der Waals surface area contributed by atoms with Crippen molar-refractivity contribution in [1.82, 2.24) is 30.2 Å². The molecule has 2 aliphatic rings. The van der Waals surface area contributed by atoms with Crippen molar-refractivity contribution in [3.05, 3.63) is 71.8 Å². The van der Waals surface area contributed by atoms with Crippen molar-refractivity contribution >= 4 is 59.7 Å². The molecule has 2 saturated heterocycles. The van der Waals surface area contributed by atoms with E-state index < -0.39 is 109 Å². The van der Waals surface area contributed by atoms with E-state index >= 15 is 0 Å². The summed E-state index contributed by atoms with van der Waals surface area (Å²) in [6, 6.07) is 13.9. The average molecular weight is 981 g/mol. The molecule has 22 nitrogen and oxygen atoms in total. The van der Waals surface area contributed by atoms with Crippen LogP contribution in [0.1, 0.15) is 92.2 Å². The zero-order chi connectivity index (χ0) is 51.8. The van der Waals surface area contributed by atoms with E-state index in [1.165, 1.54) is 0 Å². The zero-order valence-electron chi connectivity index (χ0n) is 40.9. The maximum Gasteiger partial charge on any atom is 0.408 e. The van der Waals surface area contributed by atoms with Gasteiger partial charge >= 0.3 is 36.1 Å². The van der Waals surface area contributed by atoms with E-state index in [9.17, 15) is 47.9 Å². The highest BCUT2D eigenvalue weighted by Gasteiger charge is 2.41. The number of hydrogen-bond donors (Lipinski definition) is 2. The molecule has 2 N–H and O–H groups in total. The van der Waals surface area contributed by atoms with Crippen LogP contribution in [-0.4, -0.2) is 154 Å². The van der Waals surface area contributed by atoms with Crippen LogP contribution >= 0.6 is 0 Å². The molecule has 70 heavy (non-hydrogen) atoms. The summed E-state index contributed by atoms with van der Waals surface area (Å²) in [5.41, 5.74) is -0.348. The van der Waals surface area contributed by atoms with Crippen LogP contribution < -0.4 is 10.6 Å². The average Bonchev–Trinajstić information content (AvgIpc) is 3.28. The normalized spacial score (nSPS) is 16.6. The summed E-state index contributed by atoms with van der Waals surface area (Å²) >= 11 is 0. The molecule has 382 valence electrons. The summed E-state index contributed by atoms with van der Waals surface area (Å²) < 4.78 is 31.7. The summed E-state index contributed by atoms with van der Waals surface area (Å²) in [7, 11) is 0. The number of amides is 6. The molecular formula is C48H64N6O16. The quantitative estimate of drug-likeness (QED) is 0.103. The SMILES string of the molecule is C[C@H]([C@H](C)N1CC(=O)N(COC(=O)[C@H](CCC(=O)OCc2ccccc2)NC(=O)OC(C)(C)C)C(=O)C1)N1CC(=O)N(COC(=O)[C@H](CCC(=O)OCc2ccccc2)NC(=O)OC(C)(C)C)C(=O)C1. The fraction of sp³-hybridized carbons (Fsp3) is 0.542. The first-order valence-corrected chi connectivity index (χ1v) is 22.7. The third kappa shape index (κ3) is 18.5. The predicted octanol–water partition coefficient (Wildman–Crippen LogP) is 2.94. The van der Waals surface area contributed by atoms with Crippen LogP contribution in [0.5, 0.6) is 0 Å². The summed E-state index contributed by atoms with van der Waals surface area (Å²) in [6.45, 7) is 10.3. The highest BCUT2D eigenvalue weighted by Crippen LogP contribution is 2.19. The van der Waals surface area contributed by atoms with E-state index in [2.05, 4.69) is 10.6 Å². The highest BCUT2D eigenvalue weighted by molar-refractivity contribution is 6.00. The topological polar surface area (TPSA) is 263 Å². The number of carbonyl (C=O) groups excluding carboxylic acids is 10. The van der Waals surface area contributed by atoms with Gasteiger partial charge in [0.1, 0.15) is 36.5 Å². The second kappa shape index (κ2) is 25.6. The van der Waals surface area contributed by atoms with E-state index in [1.807, 2.05) is 12.1 Å². The number of benzene rings is 2. The molecule has 0 saturated carbocycles. The van der Waals surface area contributed by atoms with Crippen molar-refractivity contribution < 1.29 is 76.4 Å². The summed E-state index contributed by atoms with van der Waals surface area (Å²) in [5.74, 6) is -6.24. The van der Waals surface area contributed by atoms with Crippen LogP contribution in [0.4, 0.5) is 9.59 Å². The summed E-state index contributed by atoms with van der Waals surface area (Å²) in [4.78, 5) is 135. The maximum absolute atomic E-state index is 13.3. The molecule has 0 unspecified atom stereocenters. The van der Waals surface area contributed by atoms with Crippen LogP contribution in [0.3, 0.4) is 0 Å². The minimum absolute atomic E-state index is 0.00653. The fourth-order valence-corrected chi connectivity index (χ4v) is 6.90. The number of nitrogens with zero attached hydrogens (tertiary/aromatic N) is 4. The van der Waals surface area contributed by atoms with Gasteiger partial charge in [0.15, 0.2) is 13.5 Å². The number of nitrogens with one attached hydrogen (secondary N) is 2. The lowest BCUT2D eigenvalue weighted by molar-refractivity contribution is -0.170. The Morgan fingerprint density at radius 1 is 0.514 bits per heavy atom. The first-order valence-electron chi connectivity index (χ1n) is 22.7. The van der Waals surface area contributed by atoms with Gasteiger partial charge in [0.05, 0.1) is 26.2 Å². The molecule has 22 heteroatoms. The van der Waals surface area contributed by atoms with Crippen LogP contribution in [0.2, 0.25) is 0 Å². The minimum atomic E-state index is -1.41. The highest BCUT2D eigenvalue weighted by atomic mass is 16.6. The van der Waals surface area contributed by atoms with Crippen molar-refractivity contribution in [3.8, 4) is 0 Å². The number of esters is 4. The third-order valence-electron chi connectivity index (χ3n) is 10.8. The zero-order valence-corrected chi connectivity index (χ0v) is 40.9. The largest absolute Gasteiger partial charge is 0.461 e. The van der Waals surface area contributed by atoms with Crippen LogP contribution in [0.15, 0.2) is 60.7 Å². The number of rotatable bonds is 21. The Hall–Kier alpha value is -6.94. The smallest absolute Gasteiger partial charge is 0.408 e. The van der Waals surface area contributed by atoms with E-state index in [1.54, 1.807) is 114 Å². The summed E-state index contributed by atoms with van der Waals surface area (Å²) in [6.07, 6.45) is -3.00. The Bertz CT molecular complexity index is 2010. The number of ether oxygens (including phenoxy) is 6. The molecule has 4 atom stereocenters. The Labute approximate surface area is 406 Å². The molecule has 2 aromatic rings. The first kappa shape index (κ1) is 55.7. The molecule has 0 radical (unpaired) electrons. The molecule has 2 aromatic carbocycles.